The van der Waals surface area contributed by atoms with Crippen molar-refractivity contribution in [2.45, 2.75) is 19.4 Å². The van der Waals surface area contributed by atoms with E-state index in [1.165, 1.54) is 0 Å². The molecule has 0 fully saturated rings. The summed E-state index contributed by atoms with van der Waals surface area (Å²) >= 11 is 0. The number of nitrogen functional groups attached to an aromatic ring is 1. The summed E-state index contributed by atoms with van der Waals surface area (Å²) in [5.74, 6) is 0. The van der Waals surface area contributed by atoms with Crippen molar-refractivity contribution in [3.05, 3.63) is 23.8 Å². The van der Waals surface area contributed by atoms with Gasteiger partial charge in [-0.15, -0.1) is 0 Å². The molecule has 0 unspecified atom stereocenters. The number of benzene rings is 1. The van der Waals surface area contributed by atoms with Gasteiger partial charge >= 0.3 is 0 Å². The van der Waals surface area contributed by atoms with Crippen LogP contribution in [0.2, 0.25) is 0 Å². The van der Waals surface area contributed by atoms with Crippen LogP contribution in [0.15, 0.2) is 18.2 Å². The Morgan fingerprint density at radius 1 is 1.53 bits per heavy atom. The van der Waals surface area contributed by atoms with Crippen LogP contribution in [0.25, 0.3) is 0 Å². The highest BCUT2D eigenvalue weighted by Gasteiger charge is 2.12. The molecular weight excluding hydrogens is 190 g/mol. The quantitative estimate of drug-likeness (QED) is 0.650. The smallest absolute Gasteiger partial charge is 0.101 e. The van der Waals surface area contributed by atoms with E-state index in [0.717, 1.165) is 0 Å². The predicted molar refractivity (Wildman–Crippen MR) is 60.4 cm³/mol. The first kappa shape index (κ1) is 11.3. The molecule has 4 N–H and O–H groups in total. The van der Waals surface area contributed by atoms with Crippen molar-refractivity contribution in [1.82, 2.24) is 0 Å². The topological polar surface area (TPSA) is 82.1 Å². The van der Waals surface area contributed by atoms with Crippen LogP contribution >= 0.6 is 0 Å². The highest BCUT2D eigenvalue weighted by molar-refractivity contribution is 5.63. The maximum Gasteiger partial charge on any atom is 0.101 e. The van der Waals surface area contributed by atoms with Gasteiger partial charge in [0.05, 0.1) is 16.9 Å². The van der Waals surface area contributed by atoms with E-state index in [1.54, 1.807) is 32.0 Å². The lowest BCUT2D eigenvalue weighted by atomic mass is 10.1. The summed E-state index contributed by atoms with van der Waals surface area (Å²) in [6.07, 6.45) is 0. The van der Waals surface area contributed by atoms with Gasteiger partial charge in [0.25, 0.3) is 0 Å². The molecule has 0 heterocycles. The first-order chi connectivity index (χ1) is 6.92. The van der Waals surface area contributed by atoms with Gasteiger partial charge < -0.3 is 16.2 Å². The molecule has 0 amide bonds. The van der Waals surface area contributed by atoms with E-state index in [-0.39, 0.29) is 0 Å². The van der Waals surface area contributed by atoms with Crippen molar-refractivity contribution >= 4 is 11.4 Å². The Kier molecular flexibility index (Phi) is 3.17. The highest BCUT2D eigenvalue weighted by Crippen LogP contribution is 2.18. The molecule has 0 aliphatic rings. The molecular formula is C11H15N3O. The first-order valence-electron chi connectivity index (χ1n) is 4.68. The van der Waals surface area contributed by atoms with Gasteiger partial charge in [0.2, 0.25) is 0 Å². The third-order valence-corrected chi connectivity index (χ3v) is 1.88. The van der Waals surface area contributed by atoms with E-state index in [2.05, 4.69) is 5.32 Å². The Bertz CT molecular complexity index is 388. The summed E-state index contributed by atoms with van der Waals surface area (Å²) in [5.41, 5.74) is 6.48. The van der Waals surface area contributed by atoms with Crippen molar-refractivity contribution < 1.29 is 5.11 Å². The average molecular weight is 205 g/mol. The molecule has 1 rings (SSSR count). The standard InChI is InChI=1S/C11H15N3O/c1-11(2,15)7-14-10-4-3-9(13)5-8(10)6-12/h3-5,14-15H,7,13H2,1-2H3. The number of nitrogens with zero attached hydrogens (tertiary/aromatic N) is 1. The van der Waals surface area contributed by atoms with Gasteiger partial charge in [-0.2, -0.15) is 5.26 Å². The van der Waals surface area contributed by atoms with Gasteiger partial charge in [-0.3, -0.25) is 0 Å². The Labute approximate surface area is 89.3 Å². The molecule has 0 aliphatic heterocycles. The number of anilines is 2. The summed E-state index contributed by atoms with van der Waals surface area (Å²) in [4.78, 5) is 0. The van der Waals surface area contributed by atoms with Crippen LogP contribution in [0.5, 0.6) is 0 Å². The molecule has 0 saturated carbocycles. The number of nitriles is 1. The van der Waals surface area contributed by atoms with Crippen molar-refractivity contribution in [3.63, 3.8) is 0 Å². The monoisotopic (exact) mass is 205 g/mol. The van der Waals surface area contributed by atoms with Crippen molar-refractivity contribution in [3.8, 4) is 6.07 Å². The van der Waals surface area contributed by atoms with Crippen LogP contribution in [0.1, 0.15) is 19.4 Å². The molecule has 0 atom stereocenters. The summed E-state index contributed by atoms with van der Waals surface area (Å²) in [6, 6.07) is 7.10. The van der Waals surface area contributed by atoms with E-state index >= 15 is 0 Å². The largest absolute Gasteiger partial charge is 0.399 e. The zero-order chi connectivity index (χ0) is 11.5. The molecule has 80 valence electrons. The fourth-order valence-electron chi connectivity index (χ4n) is 1.12. The molecule has 1 aromatic carbocycles. The molecule has 4 nitrogen and oxygen atoms in total. The third kappa shape index (κ3) is 3.49. The normalized spacial score (nSPS) is 10.8. The number of hydrogen-bond acceptors (Lipinski definition) is 4. The van der Waals surface area contributed by atoms with Crippen LogP contribution in [-0.4, -0.2) is 17.3 Å². The Morgan fingerprint density at radius 2 is 2.20 bits per heavy atom. The number of nitrogens with one attached hydrogen (secondary N) is 1. The third-order valence-electron chi connectivity index (χ3n) is 1.88. The lowest BCUT2D eigenvalue weighted by molar-refractivity contribution is 0.0945. The first-order valence-corrected chi connectivity index (χ1v) is 4.68. The fraction of sp³-hybridized carbons (Fsp3) is 0.364. The molecule has 15 heavy (non-hydrogen) atoms. The van der Waals surface area contributed by atoms with Crippen LogP contribution in [0.4, 0.5) is 11.4 Å². The van der Waals surface area contributed by atoms with Gasteiger partial charge in [0.1, 0.15) is 6.07 Å². The molecule has 0 spiro atoms. The molecule has 0 aliphatic carbocycles. The van der Waals surface area contributed by atoms with Gasteiger partial charge in [-0.25, -0.2) is 0 Å². The van der Waals surface area contributed by atoms with E-state index < -0.39 is 5.60 Å². The zero-order valence-electron chi connectivity index (χ0n) is 8.91. The molecule has 0 bridgehead atoms. The Hall–Kier alpha value is -1.73. The fourth-order valence-corrected chi connectivity index (χ4v) is 1.12. The number of nitrogens with two attached hydrogens (primary N) is 1. The summed E-state index contributed by atoms with van der Waals surface area (Å²) in [6.45, 7) is 3.78. The predicted octanol–water partition coefficient (Wildman–Crippen LogP) is 1.32. The SMILES string of the molecule is CC(C)(O)CNc1ccc(N)cc1C#N. The summed E-state index contributed by atoms with van der Waals surface area (Å²) in [5, 5.41) is 21.4. The second-order valence-corrected chi connectivity index (χ2v) is 4.08. The van der Waals surface area contributed by atoms with E-state index in [1.807, 2.05) is 6.07 Å². The lowest BCUT2D eigenvalue weighted by Crippen LogP contribution is -2.29. The van der Waals surface area contributed by atoms with E-state index in [4.69, 9.17) is 11.0 Å². The summed E-state index contributed by atoms with van der Waals surface area (Å²) < 4.78 is 0. The number of rotatable bonds is 3. The Morgan fingerprint density at radius 3 is 2.73 bits per heavy atom. The molecule has 1 aromatic rings. The second kappa shape index (κ2) is 4.20. The van der Waals surface area contributed by atoms with Crippen molar-refractivity contribution in [1.29, 1.82) is 5.26 Å². The lowest BCUT2D eigenvalue weighted by Gasteiger charge is -2.19. The van der Waals surface area contributed by atoms with Gasteiger partial charge in [-0.1, -0.05) is 0 Å². The molecule has 4 heteroatoms. The minimum Gasteiger partial charge on any atom is -0.399 e. The Balaban J connectivity index is 2.82. The molecule has 0 aromatic heterocycles. The average Bonchev–Trinajstić information content (AvgIpc) is 2.14. The maximum atomic E-state index is 9.53. The minimum atomic E-state index is -0.811. The van der Waals surface area contributed by atoms with Crippen LogP contribution < -0.4 is 11.1 Å². The van der Waals surface area contributed by atoms with Crippen LogP contribution in [0, 0.1) is 11.3 Å². The second-order valence-electron chi connectivity index (χ2n) is 4.08. The van der Waals surface area contributed by atoms with Gasteiger partial charge in [0, 0.05) is 12.2 Å². The van der Waals surface area contributed by atoms with Crippen molar-refractivity contribution in [2.24, 2.45) is 0 Å². The minimum absolute atomic E-state index is 0.381. The maximum absolute atomic E-state index is 9.53. The van der Waals surface area contributed by atoms with Crippen molar-refractivity contribution in [2.75, 3.05) is 17.6 Å². The molecule has 0 saturated heterocycles. The molecule has 0 radical (unpaired) electrons. The summed E-state index contributed by atoms with van der Waals surface area (Å²) in [7, 11) is 0. The zero-order valence-corrected chi connectivity index (χ0v) is 8.91. The van der Waals surface area contributed by atoms with E-state index in [9.17, 15) is 5.11 Å². The number of aliphatic hydroxyl groups is 1. The van der Waals surface area contributed by atoms with E-state index in [0.29, 0.717) is 23.5 Å². The van der Waals surface area contributed by atoms with Crippen LogP contribution in [0.3, 0.4) is 0 Å². The highest BCUT2D eigenvalue weighted by atomic mass is 16.3. The van der Waals surface area contributed by atoms with Crippen LogP contribution in [-0.2, 0) is 0 Å². The van der Waals surface area contributed by atoms with Gasteiger partial charge in [0.15, 0.2) is 0 Å². The number of hydrogen-bond donors (Lipinski definition) is 3. The van der Waals surface area contributed by atoms with Gasteiger partial charge in [-0.05, 0) is 32.0 Å².